The van der Waals surface area contributed by atoms with Crippen molar-refractivity contribution in [2.24, 2.45) is 0 Å². The molecular formula is C25H28N2O5. The topological polar surface area (TPSA) is 79.3 Å². The summed E-state index contributed by atoms with van der Waals surface area (Å²) >= 11 is 0. The molecule has 168 valence electrons. The van der Waals surface area contributed by atoms with Crippen LogP contribution < -0.4 is 9.47 Å². The number of rotatable bonds is 9. The molecule has 7 nitrogen and oxygen atoms in total. The smallest absolute Gasteiger partial charge is 0.295 e. The van der Waals surface area contributed by atoms with E-state index >= 15 is 0 Å². The van der Waals surface area contributed by atoms with Crippen LogP contribution in [0.4, 0.5) is 0 Å². The van der Waals surface area contributed by atoms with Gasteiger partial charge in [-0.05, 0) is 44.4 Å². The highest BCUT2D eigenvalue weighted by atomic mass is 16.5. The fourth-order valence-electron chi connectivity index (χ4n) is 3.65. The second kappa shape index (κ2) is 10.2. The van der Waals surface area contributed by atoms with Gasteiger partial charge in [-0.1, -0.05) is 30.9 Å². The Kier molecular flexibility index (Phi) is 7.33. The molecule has 0 aliphatic carbocycles. The molecule has 1 saturated heterocycles. The molecule has 2 aromatic rings. The van der Waals surface area contributed by atoms with E-state index < -0.39 is 17.7 Å². The van der Waals surface area contributed by atoms with E-state index in [1.165, 1.54) is 12.0 Å². The lowest BCUT2D eigenvalue weighted by molar-refractivity contribution is -0.140. The number of hydrogen-bond donors (Lipinski definition) is 1. The second-order valence-electron chi connectivity index (χ2n) is 7.66. The third-order valence-electron chi connectivity index (χ3n) is 5.26. The molecule has 1 heterocycles. The van der Waals surface area contributed by atoms with Crippen LogP contribution in [0.3, 0.4) is 0 Å². The van der Waals surface area contributed by atoms with Crippen molar-refractivity contribution in [2.45, 2.75) is 6.04 Å². The van der Waals surface area contributed by atoms with Crippen LogP contribution >= 0.6 is 0 Å². The van der Waals surface area contributed by atoms with Gasteiger partial charge in [0, 0.05) is 24.2 Å². The molecule has 32 heavy (non-hydrogen) atoms. The van der Waals surface area contributed by atoms with E-state index in [4.69, 9.17) is 9.47 Å². The van der Waals surface area contributed by atoms with Crippen LogP contribution in [0, 0.1) is 0 Å². The minimum Gasteiger partial charge on any atom is -0.507 e. The molecule has 1 amide bonds. The summed E-state index contributed by atoms with van der Waals surface area (Å²) in [6.45, 7) is 4.86. The number of amides is 1. The number of nitrogens with zero attached hydrogens (tertiary/aromatic N) is 2. The van der Waals surface area contributed by atoms with Crippen molar-refractivity contribution in [3.05, 3.63) is 77.9 Å². The van der Waals surface area contributed by atoms with Crippen LogP contribution in [-0.2, 0) is 9.59 Å². The lowest BCUT2D eigenvalue weighted by atomic mass is 9.94. The first kappa shape index (κ1) is 23.1. The van der Waals surface area contributed by atoms with Crippen molar-refractivity contribution in [2.75, 3.05) is 40.9 Å². The molecule has 3 rings (SSSR count). The third-order valence-corrected chi connectivity index (χ3v) is 5.26. The van der Waals surface area contributed by atoms with Gasteiger partial charge in [-0.2, -0.15) is 0 Å². The molecule has 1 atom stereocenters. The molecule has 2 aromatic carbocycles. The highest BCUT2D eigenvalue weighted by Gasteiger charge is 2.46. The zero-order chi connectivity index (χ0) is 23.3. The number of Topliss-reactive ketones (excluding diaryl/α,β-unsaturated/α-hetero) is 1. The van der Waals surface area contributed by atoms with Crippen molar-refractivity contribution in [3.63, 3.8) is 0 Å². The van der Waals surface area contributed by atoms with Crippen LogP contribution in [-0.4, -0.2) is 67.5 Å². The Balaban J connectivity index is 2.10. The summed E-state index contributed by atoms with van der Waals surface area (Å²) in [5.41, 5.74) is 1.10. The fourth-order valence-corrected chi connectivity index (χ4v) is 3.65. The molecule has 1 N–H and O–H groups in total. The van der Waals surface area contributed by atoms with Crippen molar-refractivity contribution < 1.29 is 24.2 Å². The number of carbonyl (C=O) groups is 2. The largest absolute Gasteiger partial charge is 0.507 e. The van der Waals surface area contributed by atoms with E-state index in [2.05, 4.69) is 6.58 Å². The van der Waals surface area contributed by atoms with Crippen LogP contribution in [0.2, 0.25) is 0 Å². The van der Waals surface area contributed by atoms with E-state index in [0.717, 1.165) is 0 Å². The van der Waals surface area contributed by atoms with Gasteiger partial charge >= 0.3 is 0 Å². The lowest BCUT2D eigenvalue weighted by Gasteiger charge is -2.27. The molecule has 0 unspecified atom stereocenters. The van der Waals surface area contributed by atoms with E-state index in [1.54, 1.807) is 42.5 Å². The number of likely N-dealkylation sites (tertiary alicyclic amines) is 1. The standard InChI is InChI=1S/C25H28N2O5/c1-5-16-32-18-12-10-17(11-13-18)23(28)21-22(19-8-6-7-9-20(19)31-4)27(15-14-26(2)3)25(30)24(21)29/h5-13,22,28H,1,14-16H2,2-4H3/t22-/m1/s1. The number of carbonyl (C=O) groups excluding carboxylic acids is 2. The number of likely N-dealkylation sites (N-methyl/N-ethyl adjacent to an activating group) is 1. The van der Waals surface area contributed by atoms with Crippen LogP contribution in [0.15, 0.2) is 66.8 Å². The average Bonchev–Trinajstić information content (AvgIpc) is 3.05. The molecule has 0 radical (unpaired) electrons. The first-order valence-corrected chi connectivity index (χ1v) is 10.3. The van der Waals surface area contributed by atoms with E-state index in [-0.39, 0.29) is 11.3 Å². The average molecular weight is 437 g/mol. The summed E-state index contributed by atoms with van der Waals surface area (Å²) in [6, 6.07) is 13.1. The minimum absolute atomic E-state index is 0.0398. The third kappa shape index (κ3) is 4.68. The first-order chi connectivity index (χ1) is 15.4. The van der Waals surface area contributed by atoms with Gasteiger partial charge in [-0.15, -0.1) is 0 Å². The van der Waals surface area contributed by atoms with Gasteiger partial charge in [-0.3, -0.25) is 9.59 Å². The second-order valence-corrected chi connectivity index (χ2v) is 7.66. The maximum atomic E-state index is 13.1. The normalized spacial score (nSPS) is 17.6. The van der Waals surface area contributed by atoms with Crippen LogP contribution in [0.1, 0.15) is 17.2 Å². The van der Waals surface area contributed by atoms with Gasteiger partial charge in [0.15, 0.2) is 0 Å². The Labute approximate surface area is 188 Å². The number of benzene rings is 2. The lowest BCUT2D eigenvalue weighted by Crippen LogP contribution is -2.35. The molecular weight excluding hydrogens is 408 g/mol. The number of hydrogen-bond acceptors (Lipinski definition) is 6. The van der Waals surface area contributed by atoms with E-state index in [0.29, 0.717) is 42.3 Å². The van der Waals surface area contributed by atoms with Gasteiger partial charge in [0.2, 0.25) is 0 Å². The summed E-state index contributed by atoms with van der Waals surface area (Å²) in [5, 5.41) is 11.1. The zero-order valence-electron chi connectivity index (χ0n) is 18.6. The van der Waals surface area contributed by atoms with E-state index in [9.17, 15) is 14.7 Å². The number of aliphatic hydroxyl groups is 1. The van der Waals surface area contributed by atoms with Crippen molar-refractivity contribution in [1.29, 1.82) is 0 Å². The Bertz CT molecular complexity index is 1030. The Morgan fingerprint density at radius 3 is 2.47 bits per heavy atom. The summed E-state index contributed by atoms with van der Waals surface area (Å²) < 4.78 is 11.0. The predicted octanol–water partition coefficient (Wildman–Crippen LogP) is 3.24. The maximum Gasteiger partial charge on any atom is 0.295 e. The molecule has 0 bridgehead atoms. The molecule has 7 heteroatoms. The van der Waals surface area contributed by atoms with Crippen molar-refractivity contribution in [3.8, 4) is 11.5 Å². The number of ketones is 1. The van der Waals surface area contributed by atoms with Crippen molar-refractivity contribution in [1.82, 2.24) is 9.80 Å². The molecule has 1 aliphatic rings. The quantitative estimate of drug-likeness (QED) is 0.281. The number of aliphatic hydroxyl groups excluding tert-OH is 1. The minimum atomic E-state index is -0.761. The highest BCUT2D eigenvalue weighted by molar-refractivity contribution is 6.46. The summed E-state index contributed by atoms with van der Waals surface area (Å²) in [6.07, 6.45) is 1.64. The maximum absolute atomic E-state index is 13.1. The van der Waals surface area contributed by atoms with Crippen LogP contribution in [0.25, 0.3) is 5.76 Å². The number of para-hydroxylation sites is 1. The summed E-state index contributed by atoms with van der Waals surface area (Å²) in [7, 11) is 5.32. The number of ether oxygens (including phenoxy) is 2. The van der Waals surface area contributed by atoms with Crippen LogP contribution in [0.5, 0.6) is 11.5 Å². The fraction of sp³-hybridized carbons (Fsp3) is 0.280. The molecule has 1 aliphatic heterocycles. The molecule has 0 saturated carbocycles. The molecule has 0 spiro atoms. The highest BCUT2D eigenvalue weighted by Crippen LogP contribution is 2.42. The molecule has 1 fully saturated rings. The Morgan fingerprint density at radius 2 is 1.84 bits per heavy atom. The van der Waals surface area contributed by atoms with Gasteiger partial charge in [0.25, 0.3) is 11.7 Å². The van der Waals surface area contributed by atoms with Gasteiger partial charge in [0.05, 0.1) is 18.7 Å². The summed E-state index contributed by atoms with van der Waals surface area (Å²) in [5.74, 6) is -0.455. The number of methoxy groups -OCH3 is 1. The predicted molar refractivity (Wildman–Crippen MR) is 123 cm³/mol. The Morgan fingerprint density at radius 1 is 1.16 bits per heavy atom. The van der Waals surface area contributed by atoms with Gasteiger partial charge in [0.1, 0.15) is 23.9 Å². The van der Waals surface area contributed by atoms with E-state index in [1.807, 2.05) is 31.1 Å². The van der Waals surface area contributed by atoms with Gasteiger partial charge in [-0.25, -0.2) is 0 Å². The van der Waals surface area contributed by atoms with Gasteiger partial charge < -0.3 is 24.4 Å². The Hall–Kier alpha value is -3.58. The SMILES string of the molecule is C=CCOc1ccc(C(O)=C2C(=O)C(=O)N(CCN(C)C)[C@@H]2c2ccccc2OC)cc1. The molecule has 0 aromatic heterocycles. The zero-order valence-corrected chi connectivity index (χ0v) is 18.6. The van der Waals surface area contributed by atoms with Crippen molar-refractivity contribution >= 4 is 17.4 Å². The first-order valence-electron chi connectivity index (χ1n) is 10.3. The monoisotopic (exact) mass is 436 g/mol. The summed E-state index contributed by atoms with van der Waals surface area (Å²) in [4.78, 5) is 29.5.